The molecule has 26 heavy (non-hydrogen) atoms. The molecule has 3 aliphatic rings. The van der Waals surface area contributed by atoms with Crippen LogP contribution in [-0.4, -0.2) is 30.8 Å². The average molecular weight is 353 g/mol. The fourth-order valence-corrected chi connectivity index (χ4v) is 4.18. The van der Waals surface area contributed by atoms with Gasteiger partial charge in [0.1, 0.15) is 0 Å². The van der Waals surface area contributed by atoms with Crippen LogP contribution in [0.3, 0.4) is 0 Å². The molecule has 1 saturated heterocycles. The Hall–Kier alpha value is -1.59. The number of rotatable bonds is 2. The van der Waals surface area contributed by atoms with E-state index in [1.54, 1.807) is 0 Å². The van der Waals surface area contributed by atoms with Crippen LogP contribution in [0.2, 0.25) is 0 Å². The van der Waals surface area contributed by atoms with Crippen molar-refractivity contribution in [3.8, 4) is 0 Å². The Kier molecular flexibility index (Phi) is 4.09. The second-order valence-electron chi connectivity index (χ2n) is 8.76. The summed E-state index contributed by atoms with van der Waals surface area (Å²) in [5.41, 5.74) is 4.71. The fourth-order valence-electron chi connectivity index (χ4n) is 4.18. The first-order valence-corrected chi connectivity index (χ1v) is 9.69. The van der Waals surface area contributed by atoms with E-state index >= 15 is 0 Å². The molecule has 0 radical (unpaired) electrons. The van der Waals surface area contributed by atoms with E-state index in [0.717, 1.165) is 48.1 Å². The Morgan fingerprint density at radius 3 is 2.35 bits per heavy atom. The first-order chi connectivity index (χ1) is 12.2. The summed E-state index contributed by atoms with van der Waals surface area (Å²) < 4.78 is 12.5. The highest BCUT2D eigenvalue weighted by molar-refractivity contribution is 6.62. The summed E-state index contributed by atoms with van der Waals surface area (Å²) >= 11 is 0. The quantitative estimate of drug-likeness (QED) is 0.764. The largest absolute Gasteiger partial charge is 0.495 e. The molecule has 0 spiro atoms. The van der Waals surface area contributed by atoms with Gasteiger partial charge in [-0.1, -0.05) is 12.1 Å². The summed E-state index contributed by atoms with van der Waals surface area (Å²) in [5, 5.41) is 0. The zero-order valence-electron chi connectivity index (χ0n) is 16.5. The van der Waals surface area contributed by atoms with E-state index in [1.165, 1.54) is 12.0 Å². The van der Waals surface area contributed by atoms with Crippen LogP contribution in [0.25, 0.3) is 0 Å². The van der Waals surface area contributed by atoms with Gasteiger partial charge in [0.25, 0.3) is 5.91 Å². The minimum atomic E-state index is -0.403. The van der Waals surface area contributed by atoms with Crippen molar-refractivity contribution in [2.24, 2.45) is 0 Å². The number of amides is 1. The lowest BCUT2D eigenvalue weighted by atomic mass is 9.75. The van der Waals surface area contributed by atoms with Gasteiger partial charge in [0.15, 0.2) is 0 Å². The van der Waals surface area contributed by atoms with E-state index < -0.39 is 7.12 Å². The SMILES string of the molecule is Cc1c(B2OC(C)(C)C(C)(C)O2)cccc1N1CC2=C(CCCC2)C1=O. The van der Waals surface area contributed by atoms with Gasteiger partial charge >= 0.3 is 7.12 Å². The molecule has 1 fully saturated rings. The van der Waals surface area contributed by atoms with E-state index in [1.807, 2.05) is 17.0 Å². The third-order valence-electron chi connectivity index (χ3n) is 6.58. The summed E-state index contributed by atoms with van der Waals surface area (Å²) in [6.45, 7) is 11.1. The van der Waals surface area contributed by atoms with E-state index in [4.69, 9.17) is 9.31 Å². The van der Waals surface area contributed by atoms with Crippen LogP contribution in [0.15, 0.2) is 29.3 Å². The van der Waals surface area contributed by atoms with Crippen molar-refractivity contribution in [3.05, 3.63) is 34.9 Å². The van der Waals surface area contributed by atoms with Gasteiger partial charge in [-0.25, -0.2) is 0 Å². The van der Waals surface area contributed by atoms with Gasteiger partial charge < -0.3 is 14.2 Å². The zero-order chi connectivity index (χ0) is 18.7. The molecule has 4 rings (SSSR count). The number of hydrogen-bond donors (Lipinski definition) is 0. The summed E-state index contributed by atoms with van der Waals surface area (Å²) in [7, 11) is -0.403. The molecule has 0 bridgehead atoms. The lowest BCUT2D eigenvalue weighted by Crippen LogP contribution is -2.41. The lowest BCUT2D eigenvalue weighted by Gasteiger charge is -2.32. The van der Waals surface area contributed by atoms with Gasteiger partial charge in [0, 0.05) is 17.8 Å². The maximum Gasteiger partial charge on any atom is 0.495 e. The Bertz CT molecular complexity index is 780. The molecule has 138 valence electrons. The van der Waals surface area contributed by atoms with Crippen molar-refractivity contribution in [1.29, 1.82) is 0 Å². The van der Waals surface area contributed by atoms with Crippen LogP contribution in [0.4, 0.5) is 5.69 Å². The lowest BCUT2D eigenvalue weighted by molar-refractivity contribution is -0.114. The first kappa shape index (κ1) is 17.8. The highest BCUT2D eigenvalue weighted by Crippen LogP contribution is 2.38. The third-order valence-corrected chi connectivity index (χ3v) is 6.58. The molecule has 1 aliphatic carbocycles. The van der Waals surface area contributed by atoms with E-state index in [0.29, 0.717) is 0 Å². The monoisotopic (exact) mass is 353 g/mol. The Labute approximate surface area is 156 Å². The zero-order valence-corrected chi connectivity index (χ0v) is 16.5. The smallest absolute Gasteiger partial charge is 0.399 e. The summed E-state index contributed by atoms with van der Waals surface area (Å²) in [6, 6.07) is 6.10. The molecule has 0 saturated carbocycles. The Balaban J connectivity index is 1.65. The van der Waals surface area contributed by atoms with Crippen LogP contribution in [0, 0.1) is 6.92 Å². The number of anilines is 1. The second-order valence-corrected chi connectivity index (χ2v) is 8.76. The van der Waals surface area contributed by atoms with Gasteiger partial charge in [-0.05, 0) is 83.0 Å². The first-order valence-electron chi connectivity index (χ1n) is 9.69. The summed E-state index contributed by atoms with van der Waals surface area (Å²) in [4.78, 5) is 14.9. The third kappa shape index (κ3) is 2.64. The molecule has 2 heterocycles. The molecule has 0 aromatic heterocycles. The number of hydrogen-bond acceptors (Lipinski definition) is 3. The van der Waals surface area contributed by atoms with Crippen LogP contribution in [0.5, 0.6) is 0 Å². The van der Waals surface area contributed by atoms with Gasteiger partial charge in [0.05, 0.1) is 11.2 Å². The molecule has 2 aliphatic heterocycles. The number of nitrogens with zero attached hydrogens (tertiary/aromatic N) is 1. The molecule has 1 amide bonds. The topological polar surface area (TPSA) is 38.8 Å². The van der Waals surface area contributed by atoms with Crippen LogP contribution < -0.4 is 10.4 Å². The standard InChI is InChI=1S/C21H28BNO3/c1-14-17(22-25-20(2,3)21(4,5)26-22)11-8-12-18(14)23-13-15-9-6-7-10-16(15)19(23)24/h8,11-12H,6-7,9-10,13H2,1-5H3. The van der Waals surface area contributed by atoms with Crippen LogP contribution >= 0.6 is 0 Å². The minimum absolute atomic E-state index is 0.189. The van der Waals surface area contributed by atoms with Crippen LogP contribution in [-0.2, 0) is 14.1 Å². The van der Waals surface area contributed by atoms with Crippen molar-refractivity contribution < 1.29 is 14.1 Å². The van der Waals surface area contributed by atoms with Gasteiger partial charge in [-0.2, -0.15) is 0 Å². The van der Waals surface area contributed by atoms with Gasteiger partial charge in [0.2, 0.25) is 0 Å². The highest BCUT2D eigenvalue weighted by atomic mass is 16.7. The molecule has 1 aromatic carbocycles. The second kappa shape index (κ2) is 5.96. The highest BCUT2D eigenvalue weighted by Gasteiger charge is 2.52. The summed E-state index contributed by atoms with van der Waals surface area (Å²) in [5.74, 6) is 0.189. The molecule has 0 N–H and O–H groups in total. The molecule has 4 nitrogen and oxygen atoms in total. The number of carbonyl (C=O) groups is 1. The maximum absolute atomic E-state index is 12.9. The molecule has 5 heteroatoms. The molecule has 1 aromatic rings. The summed E-state index contributed by atoms with van der Waals surface area (Å²) in [6.07, 6.45) is 4.33. The predicted octanol–water partition coefficient (Wildman–Crippen LogP) is 3.51. The van der Waals surface area contributed by atoms with Crippen molar-refractivity contribution in [3.63, 3.8) is 0 Å². The molecular formula is C21H28BNO3. The maximum atomic E-state index is 12.9. The van der Waals surface area contributed by atoms with Crippen LogP contribution in [0.1, 0.15) is 58.9 Å². The normalized spacial score (nSPS) is 24.4. The average Bonchev–Trinajstić information content (AvgIpc) is 3.01. The van der Waals surface area contributed by atoms with Crippen molar-refractivity contribution in [2.75, 3.05) is 11.4 Å². The molecule has 0 unspecified atom stereocenters. The number of benzene rings is 1. The van der Waals surface area contributed by atoms with E-state index in [9.17, 15) is 4.79 Å². The van der Waals surface area contributed by atoms with Crippen molar-refractivity contribution >= 4 is 24.2 Å². The van der Waals surface area contributed by atoms with Crippen molar-refractivity contribution in [1.82, 2.24) is 0 Å². The molecule has 0 atom stereocenters. The number of carbonyl (C=O) groups excluding carboxylic acids is 1. The Morgan fingerprint density at radius 2 is 1.69 bits per heavy atom. The minimum Gasteiger partial charge on any atom is -0.399 e. The molecular weight excluding hydrogens is 325 g/mol. The van der Waals surface area contributed by atoms with Gasteiger partial charge in [-0.15, -0.1) is 0 Å². The van der Waals surface area contributed by atoms with Crippen molar-refractivity contribution in [2.45, 2.75) is 71.5 Å². The van der Waals surface area contributed by atoms with E-state index in [2.05, 4.69) is 40.7 Å². The fraction of sp³-hybridized carbons (Fsp3) is 0.571. The Morgan fingerprint density at radius 1 is 1.04 bits per heavy atom. The van der Waals surface area contributed by atoms with Gasteiger partial charge in [-0.3, -0.25) is 4.79 Å². The predicted molar refractivity (Wildman–Crippen MR) is 105 cm³/mol. The van der Waals surface area contributed by atoms with E-state index in [-0.39, 0.29) is 17.1 Å².